The van der Waals surface area contributed by atoms with Gasteiger partial charge in [0.05, 0.1) is 30.9 Å². The number of ether oxygens (including phenoxy) is 2. The van der Waals surface area contributed by atoms with E-state index in [1.807, 2.05) is 66.7 Å². The zero-order valence-electron chi connectivity index (χ0n) is 18.8. The van der Waals surface area contributed by atoms with Crippen molar-refractivity contribution in [2.75, 3.05) is 19.5 Å². The molecule has 3 aromatic carbocycles. The summed E-state index contributed by atoms with van der Waals surface area (Å²) in [6.45, 7) is 0. The number of para-hydroxylation sites is 3. The summed E-state index contributed by atoms with van der Waals surface area (Å²) < 4.78 is 16.6. The summed E-state index contributed by atoms with van der Waals surface area (Å²) in [6, 6.07) is 24.4. The van der Waals surface area contributed by atoms with Gasteiger partial charge in [-0.2, -0.15) is 0 Å². The lowest BCUT2D eigenvalue weighted by Crippen LogP contribution is -2.11. The Morgan fingerprint density at radius 3 is 2.62 bits per heavy atom. The molecule has 0 spiro atoms. The van der Waals surface area contributed by atoms with Gasteiger partial charge in [0.25, 0.3) is 5.91 Å². The third-order valence-corrected chi connectivity index (χ3v) is 5.56. The zero-order valence-corrected chi connectivity index (χ0v) is 18.8. The van der Waals surface area contributed by atoms with Gasteiger partial charge in [0, 0.05) is 17.5 Å². The number of methoxy groups -OCH3 is 2. The standard InChI is InChI=1S/C27H23N3O4/c1-32-18-11-13-24(33-2)17(15-18)16-19-12-14-25(34-19)27(31)30-21-8-4-3-7-20(21)26-28-22-9-5-6-10-23(22)29-26/h3-15H,16H2,1-2H3,(H,28,29)(H,30,31). The Balaban J connectivity index is 1.37. The Kier molecular flexibility index (Phi) is 5.74. The molecule has 0 atom stereocenters. The summed E-state index contributed by atoms with van der Waals surface area (Å²) in [5, 5.41) is 2.95. The first kappa shape index (κ1) is 21.3. The van der Waals surface area contributed by atoms with Gasteiger partial charge in [0.15, 0.2) is 5.76 Å². The van der Waals surface area contributed by atoms with Crippen LogP contribution in [0.4, 0.5) is 5.69 Å². The predicted octanol–water partition coefficient (Wildman–Crippen LogP) is 5.68. The van der Waals surface area contributed by atoms with Gasteiger partial charge >= 0.3 is 0 Å². The number of furan rings is 1. The number of hydrogen-bond donors (Lipinski definition) is 2. The Bertz CT molecular complexity index is 1430. The lowest BCUT2D eigenvalue weighted by Gasteiger charge is -2.09. The third kappa shape index (κ3) is 4.23. The topological polar surface area (TPSA) is 89.4 Å². The van der Waals surface area contributed by atoms with Gasteiger partial charge < -0.3 is 24.2 Å². The number of aromatic nitrogens is 2. The molecule has 0 bridgehead atoms. The maximum absolute atomic E-state index is 13.0. The molecule has 7 nitrogen and oxygen atoms in total. The van der Waals surface area contributed by atoms with E-state index in [1.54, 1.807) is 26.4 Å². The van der Waals surface area contributed by atoms with Crippen LogP contribution in [0, 0.1) is 0 Å². The first-order valence-electron chi connectivity index (χ1n) is 10.8. The van der Waals surface area contributed by atoms with Crippen LogP contribution in [0.15, 0.2) is 83.3 Å². The van der Waals surface area contributed by atoms with Crippen molar-refractivity contribution in [3.05, 3.63) is 95.9 Å². The van der Waals surface area contributed by atoms with Crippen LogP contribution < -0.4 is 14.8 Å². The van der Waals surface area contributed by atoms with E-state index in [9.17, 15) is 4.79 Å². The van der Waals surface area contributed by atoms with E-state index in [1.165, 1.54) is 0 Å². The van der Waals surface area contributed by atoms with Gasteiger partial charge in [-0.25, -0.2) is 4.98 Å². The number of aromatic amines is 1. The van der Waals surface area contributed by atoms with Crippen molar-refractivity contribution in [1.82, 2.24) is 9.97 Å². The third-order valence-electron chi connectivity index (χ3n) is 5.56. The van der Waals surface area contributed by atoms with E-state index in [0.717, 1.165) is 33.7 Å². The number of carbonyl (C=O) groups is 1. The van der Waals surface area contributed by atoms with Gasteiger partial charge in [0.1, 0.15) is 23.1 Å². The summed E-state index contributed by atoms with van der Waals surface area (Å²) in [4.78, 5) is 20.9. The second-order valence-corrected chi connectivity index (χ2v) is 7.72. The van der Waals surface area contributed by atoms with E-state index in [0.29, 0.717) is 23.7 Å². The zero-order chi connectivity index (χ0) is 23.5. The van der Waals surface area contributed by atoms with Crippen LogP contribution in [-0.2, 0) is 6.42 Å². The second kappa shape index (κ2) is 9.15. The number of rotatable bonds is 7. The van der Waals surface area contributed by atoms with Crippen LogP contribution in [0.3, 0.4) is 0 Å². The van der Waals surface area contributed by atoms with E-state index < -0.39 is 0 Å². The SMILES string of the molecule is COc1ccc(OC)c(Cc2ccc(C(=O)Nc3ccccc3-c3nc4ccccc4[nH]3)o2)c1. The summed E-state index contributed by atoms with van der Waals surface area (Å²) >= 11 is 0. The molecule has 0 fully saturated rings. The largest absolute Gasteiger partial charge is 0.497 e. The van der Waals surface area contributed by atoms with Crippen molar-refractivity contribution < 1.29 is 18.7 Å². The number of imidazole rings is 1. The molecule has 0 unspecified atom stereocenters. The first-order valence-corrected chi connectivity index (χ1v) is 10.8. The van der Waals surface area contributed by atoms with Crippen LogP contribution >= 0.6 is 0 Å². The van der Waals surface area contributed by atoms with E-state index in [2.05, 4.69) is 15.3 Å². The van der Waals surface area contributed by atoms with Gasteiger partial charge in [-0.3, -0.25) is 4.79 Å². The molecule has 170 valence electrons. The van der Waals surface area contributed by atoms with Crippen molar-refractivity contribution in [3.63, 3.8) is 0 Å². The quantitative estimate of drug-likeness (QED) is 0.331. The summed E-state index contributed by atoms with van der Waals surface area (Å²) in [5.74, 6) is 2.65. The van der Waals surface area contributed by atoms with Crippen LogP contribution in [0.5, 0.6) is 11.5 Å². The van der Waals surface area contributed by atoms with Crippen molar-refractivity contribution in [3.8, 4) is 22.9 Å². The smallest absolute Gasteiger partial charge is 0.291 e. The average molecular weight is 453 g/mol. The van der Waals surface area contributed by atoms with Crippen LogP contribution in [0.2, 0.25) is 0 Å². The van der Waals surface area contributed by atoms with Gasteiger partial charge in [-0.05, 0) is 54.6 Å². The molecule has 0 radical (unpaired) electrons. The lowest BCUT2D eigenvalue weighted by molar-refractivity contribution is 0.0995. The molecular weight excluding hydrogens is 430 g/mol. The fourth-order valence-electron chi connectivity index (χ4n) is 3.87. The molecule has 0 aliphatic rings. The van der Waals surface area contributed by atoms with Crippen molar-refractivity contribution >= 4 is 22.6 Å². The summed E-state index contributed by atoms with van der Waals surface area (Å²) in [5.41, 5.74) is 4.13. The van der Waals surface area contributed by atoms with Crippen LogP contribution in [-0.4, -0.2) is 30.1 Å². The Morgan fingerprint density at radius 1 is 0.971 bits per heavy atom. The van der Waals surface area contributed by atoms with E-state index in [-0.39, 0.29) is 11.7 Å². The number of nitrogens with zero attached hydrogens (tertiary/aromatic N) is 1. The monoisotopic (exact) mass is 453 g/mol. The molecule has 2 N–H and O–H groups in total. The Labute approximate surface area is 196 Å². The van der Waals surface area contributed by atoms with Crippen LogP contribution in [0.25, 0.3) is 22.4 Å². The van der Waals surface area contributed by atoms with Gasteiger partial charge in [0.2, 0.25) is 0 Å². The van der Waals surface area contributed by atoms with Gasteiger partial charge in [-0.15, -0.1) is 0 Å². The Hall–Kier alpha value is -4.52. The first-order chi connectivity index (χ1) is 16.6. The number of amides is 1. The predicted molar refractivity (Wildman–Crippen MR) is 131 cm³/mol. The molecule has 1 amide bonds. The molecule has 0 saturated heterocycles. The highest BCUT2D eigenvalue weighted by molar-refractivity contribution is 6.04. The highest BCUT2D eigenvalue weighted by Gasteiger charge is 2.17. The van der Waals surface area contributed by atoms with Gasteiger partial charge in [-0.1, -0.05) is 24.3 Å². The summed E-state index contributed by atoms with van der Waals surface area (Å²) in [7, 11) is 3.23. The van der Waals surface area contributed by atoms with Crippen molar-refractivity contribution in [1.29, 1.82) is 0 Å². The maximum atomic E-state index is 13.0. The molecule has 2 heterocycles. The molecule has 0 saturated carbocycles. The molecule has 0 aliphatic heterocycles. The number of anilines is 1. The molecular formula is C27H23N3O4. The number of benzene rings is 3. The maximum Gasteiger partial charge on any atom is 0.291 e. The number of H-pyrrole nitrogens is 1. The lowest BCUT2D eigenvalue weighted by atomic mass is 10.1. The molecule has 2 aromatic heterocycles. The number of fused-ring (bicyclic) bond motifs is 1. The van der Waals surface area contributed by atoms with Crippen molar-refractivity contribution in [2.24, 2.45) is 0 Å². The fourth-order valence-corrected chi connectivity index (χ4v) is 3.87. The summed E-state index contributed by atoms with van der Waals surface area (Å²) in [6.07, 6.45) is 0.462. The Morgan fingerprint density at radius 2 is 1.79 bits per heavy atom. The normalized spacial score (nSPS) is 10.9. The fraction of sp³-hybridized carbons (Fsp3) is 0.111. The molecule has 5 rings (SSSR count). The molecule has 5 aromatic rings. The van der Waals surface area contributed by atoms with E-state index >= 15 is 0 Å². The minimum atomic E-state index is -0.340. The number of hydrogen-bond acceptors (Lipinski definition) is 5. The van der Waals surface area contributed by atoms with E-state index in [4.69, 9.17) is 13.9 Å². The van der Waals surface area contributed by atoms with Crippen molar-refractivity contribution in [2.45, 2.75) is 6.42 Å². The second-order valence-electron chi connectivity index (χ2n) is 7.72. The minimum Gasteiger partial charge on any atom is -0.497 e. The highest BCUT2D eigenvalue weighted by atomic mass is 16.5. The average Bonchev–Trinajstić information content (AvgIpc) is 3.51. The molecule has 34 heavy (non-hydrogen) atoms. The van der Waals surface area contributed by atoms with Crippen LogP contribution in [0.1, 0.15) is 21.9 Å². The number of nitrogens with one attached hydrogen (secondary N) is 2. The molecule has 0 aliphatic carbocycles. The molecule has 7 heteroatoms. The minimum absolute atomic E-state index is 0.219. The highest BCUT2D eigenvalue weighted by Crippen LogP contribution is 2.29. The number of carbonyl (C=O) groups excluding carboxylic acids is 1.